The van der Waals surface area contributed by atoms with Crippen LogP contribution in [-0.2, 0) is 4.79 Å². The van der Waals surface area contributed by atoms with Gasteiger partial charge in [-0.25, -0.2) is 4.79 Å². The van der Waals surface area contributed by atoms with Crippen LogP contribution in [0.1, 0.15) is 16.8 Å². The van der Waals surface area contributed by atoms with Gasteiger partial charge in [0, 0.05) is 6.54 Å². The molecule has 0 aliphatic carbocycles. The van der Waals surface area contributed by atoms with Crippen molar-refractivity contribution < 1.29 is 14.7 Å². The van der Waals surface area contributed by atoms with Crippen LogP contribution in [0.4, 0.5) is 5.00 Å². The van der Waals surface area contributed by atoms with E-state index in [2.05, 4.69) is 0 Å². The minimum Gasteiger partial charge on any atom is -0.478 e. The Morgan fingerprint density at radius 3 is 2.93 bits per heavy atom. The SMILES string of the molecule is NC1CCN(c2sccc2C(=O)O)C1=O. The summed E-state index contributed by atoms with van der Waals surface area (Å²) >= 11 is 1.25. The van der Waals surface area contributed by atoms with Crippen molar-refractivity contribution in [2.45, 2.75) is 12.5 Å². The summed E-state index contributed by atoms with van der Waals surface area (Å²) in [6, 6.07) is 1.01. The number of thiophene rings is 1. The first-order chi connectivity index (χ1) is 7.11. The van der Waals surface area contributed by atoms with Gasteiger partial charge in [-0.2, -0.15) is 0 Å². The van der Waals surface area contributed by atoms with E-state index >= 15 is 0 Å². The van der Waals surface area contributed by atoms with E-state index < -0.39 is 12.0 Å². The zero-order chi connectivity index (χ0) is 11.0. The Kier molecular flexibility index (Phi) is 2.45. The maximum absolute atomic E-state index is 11.6. The molecule has 0 bridgehead atoms. The van der Waals surface area contributed by atoms with Gasteiger partial charge < -0.3 is 15.7 Å². The molecule has 3 N–H and O–H groups in total. The molecule has 0 spiro atoms. The molecule has 5 nitrogen and oxygen atoms in total. The van der Waals surface area contributed by atoms with E-state index in [1.54, 1.807) is 5.38 Å². The molecule has 1 saturated heterocycles. The number of rotatable bonds is 2. The molecule has 1 aromatic heterocycles. The second kappa shape index (κ2) is 3.63. The Hall–Kier alpha value is -1.40. The van der Waals surface area contributed by atoms with Gasteiger partial charge in [0.2, 0.25) is 5.91 Å². The lowest BCUT2D eigenvalue weighted by atomic mass is 10.3. The number of carboxylic acid groups (broad SMARTS) is 1. The molecule has 0 radical (unpaired) electrons. The lowest BCUT2D eigenvalue weighted by molar-refractivity contribution is -0.118. The second-order valence-electron chi connectivity index (χ2n) is 3.33. The number of aromatic carboxylic acids is 1. The number of hydrogen-bond donors (Lipinski definition) is 2. The van der Waals surface area contributed by atoms with Gasteiger partial charge in [-0.15, -0.1) is 11.3 Å². The summed E-state index contributed by atoms with van der Waals surface area (Å²) in [5, 5.41) is 11.1. The molecule has 1 fully saturated rings. The van der Waals surface area contributed by atoms with E-state index in [0.717, 1.165) is 0 Å². The first-order valence-corrected chi connectivity index (χ1v) is 5.37. The minimum atomic E-state index is -1.01. The highest BCUT2D eigenvalue weighted by molar-refractivity contribution is 7.14. The molecule has 0 aromatic carbocycles. The zero-order valence-corrected chi connectivity index (χ0v) is 8.66. The van der Waals surface area contributed by atoms with Crippen molar-refractivity contribution >= 4 is 28.2 Å². The third-order valence-corrected chi connectivity index (χ3v) is 3.30. The van der Waals surface area contributed by atoms with Crippen LogP contribution in [-0.4, -0.2) is 29.6 Å². The van der Waals surface area contributed by atoms with E-state index in [4.69, 9.17) is 10.8 Å². The highest BCUT2D eigenvalue weighted by atomic mass is 32.1. The van der Waals surface area contributed by atoms with Gasteiger partial charge in [0.05, 0.1) is 11.6 Å². The summed E-state index contributed by atoms with van der Waals surface area (Å²) in [4.78, 5) is 23.9. The van der Waals surface area contributed by atoms with Crippen LogP contribution in [0.5, 0.6) is 0 Å². The number of nitrogens with zero attached hydrogens (tertiary/aromatic N) is 1. The predicted molar refractivity (Wildman–Crippen MR) is 56.2 cm³/mol. The number of amides is 1. The Labute approximate surface area is 90.1 Å². The minimum absolute atomic E-state index is 0.169. The van der Waals surface area contributed by atoms with Crippen molar-refractivity contribution in [3.8, 4) is 0 Å². The number of carbonyl (C=O) groups excluding carboxylic acids is 1. The number of carboxylic acids is 1. The van der Waals surface area contributed by atoms with Gasteiger partial charge in [-0.3, -0.25) is 4.79 Å². The number of anilines is 1. The van der Waals surface area contributed by atoms with Crippen molar-refractivity contribution in [1.29, 1.82) is 0 Å². The smallest absolute Gasteiger partial charge is 0.338 e. The van der Waals surface area contributed by atoms with Crippen LogP contribution < -0.4 is 10.6 Å². The summed E-state index contributed by atoms with van der Waals surface area (Å²) < 4.78 is 0. The molecule has 1 unspecified atom stereocenters. The van der Waals surface area contributed by atoms with Gasteiger partial charge in [0.15, 0.2) is 0 Å². The van der Waals surface area contributed by atoms with Crippen LogP contribution in [0.3, 0.4) is 0 Å². The summed E-state index contributed by atoms with van der Waals surface area (Å²) in [5.41, 5.74) is 5.74. The normalized spacial score (nSPS) is 21.0. The van der Waals surface area contributed by atoms with Crippen LogP contribution in [0.2, 0.25) is 0 Å². The molecular formula is C9H10N2O3S. The van der Waals surface area contributed by atoms with Gasteiger partial charge in [-0.05, 0) is 17.9 Å². The van der Waals surface area contributed by atoms with Crippen LogP contribution >= 0.6 is 11.3 Å². The third-order valence-electron chi connectivity index (χ3n) is 2.37. The summed E-state index contributed by atoms with van der Waals surface area (Å²) in [5.74, 6) is -1.21. The first kappa shape index (κ1) is 10.1. The van der Waals surface area contributed by atoms with Gasteiger partial charge in [-0.1, -0.05) is 0 Å². The predicted octanol–water partition coefficient (Wildman–Crippen LogP) is 0.510. The maximum atomic E-state index is 11.6. The standard InChI is InChI=1S/C9H10N2O3S/c10-6-1-3-11(7(6)12)8-5(9(13)14)2-4-15-8/h2,4,6H,1,3,10H2,(H,13,14). The number of hydrogen-bond acceptors (Lipinski definition) is 4. The third kappa shape index (κ3) is 1.62. The van der Waals surface area contributed by atoms with Gasteiger partial charge >= 0.3 is 5.97 Å². The highest BCUT2D eigenvalue weighted by Gasteiger charge is 2.32. The van der Waals surface area contributed by atoms with E-state index in [1.807, 2.05) is 0 Å². The topological polar surface area (TPSA) is 83.6 Å². The highest BCUT2D eigenvalue weighted by Crippen LogP contribution is 2.30. The zero-order valence-electron chi connectivity index (χ0n) is 7.84. The quantitative estimate of drug-likeness (QED) is 0.769. The molecule has 2 heterocycles. The van der Waals surface area contributed by atoms with E-state index in [-0.39, 0.29) is 11.5 Å². The Morgan fingerprint density at radius 1 is 1.67 bits per heavy atom. The molecule has 0 saturated carbocycles. The molecule has 6 heteroatoms. The molecule has 2 rings (SSSR count). The molecule has 80 valence electrons. The average Bonchev–Trinajstić information content (AvgIpc) is 2.75. The van der Waals surface area contributed by atoms with E-state index in [1.165, 1.54) is 22.3 Å². The van der Waals surface area contributed by atoms with Crippen LogP contribution in [0.25, 0.3) is 0 Å². The molecule has 1 aliphatic rings. The lowest BCUT2D eigenvalue weighted by Crippen LogP contribution is -2.34. The van der Waals surface area contributed by atoms with Crippen molar-refractivity contribution in [3.63, 3.8) is 0 Å². The van der Waals surface area contributed by atoms with E-state index in [9.17, 15) is 9.59 Å². The largest absolute Gasteiger partial charge is 0.478 e. The maximum Gasteiger partial charge on any atom is 0.338 e. The van der Waals surface area contributed by atoms with Crippen molar-refractivity contribution in [2.75, 3.05) is 11.4 Å². The van der Waals surface area contributed by atoms with Gasteiger partial charge in [0.25, 0.3) is 0 Å². The monoisotopic (exact) mass is 226 g/mol. The molecule has 1 aliphatic heterocycles. The molecule has 1 amide bonds. The second-order valence-corrected chi connectivity index (χ2v) is 4.22. The number of carbonyl (C=O) groups is 2. The fourth-order valence-electron chi connectivity index (χ4n) is 1.58. The Bertz CT molecular complexity index is 415. The van der Waals surface area contributed by atoms with Gasteiger partial charge in [0.1, 0.15) is 5.00 Å². The van der Waals surface area contributed by atoms with E-state index in [0.29, 0.717) is 18.0 Å². The summed E-state index contributed by atoms with van der Waals surface area (Å²) in [6.07, 6.45) is 0.579. The molecule has 15 heavy (non-hydrogen) atoms. The van der Waals surface area contributed by atoms with Crippen molar-refractivity contribution in [3.05, 3.63) is 17.0 Å². The van der Waals surface area contributed by atoms with Crippen LogP contribution in [0, 0.1) is 0 Å². The summed E-state index contributed by atoms with van der Waals surface area (Å²) in [6.45, 7) is 0.501. The molecule has 1 aromatic rings. The van der Waals surface area contributed by atoms with Crippen molar-refractivity contribution in [2.24, 2.45) is 5.73 Å². The first-order valence-electron chi connectivity index (χ1n) is 4.49. The fourth-order valence-corrected chi connectivity index (χ4v) is 2.50. The fraction of sp³-hybridized carbons (Fsp3) is 0.333. The Balaban J connectivity index is 2.34. The molecular weight excluding hydrogens is 216 g/mol. The average molecular weight is 226 g/mol. The summed E-state index contributed by atoms with van der Waals surface area (Å²) in [7, 11) is 0. The lowest BCUT2D eigenvalue weighted by Gasteiger charge is -2.14. The van der Waals surface area contributed by atoms with Crippen molar-refractivity contribution in [1.82, 2.24) is 0 Å². The molecule has 1 atom stereocenters. The number of nitrogens with two attached hydrogens (primary N) is 1. The Morgan fingerprint density at radius 2 is 2.40 bits per heavy atom. The van der Waals surface area contributed by atoms with Crippen LogP contribution in [0.15, 0.2) is 11.4 Å².